The van der Waals surface area contributed by atoms with E-state index < -0.39 is 0 Å². The van der Waals surface area contributed by atoms with Gasteiger partial charge in [0.15, 0.2) is 11.5 Å². The number of ether oxygens (including phenoxy) is 2. The highest BCUT2D eigenvalue weighted by atomic mass is 16.7. The van der Waals surface area contributed by atoms with E-state index in [2.05, 4.69) is 9.55 Å². The van der Waals surface area contributed by atoms with Crippen LogP contribution in [-0.2, 0) is 6.54 Å². The molecule has 7 heteroatoms. The van der Waals surface area contributed by atoms with Crippen molar-refractivity contribution < 1.29 is 9.47 Å². The zero-order chi connectivity index (χ0) is 20.9. The molecule has 1 aliphatic rings. The van der Waals surface area contributed by atoms with Crippen molar-refractivity contribution in [3.8, 4) is 22.8 Å². The third-order valence-electron chi connectivity index (χ3n) is 5.79. The van der Waals surface area contributed by atoms with E-state index in [-0.39, 0.29) is 12.4 Å². The van der Waals surface area contributed by atoms with Crippen LogP contribution in [0.1, 0.15) is 6.42 Å². The number of hydrogen-bond donors (Lipinski definition) is 2. The minimum Gasteiger partial charge on any atom is -0.454 e. The number of aromatic amines is 1. The quantitative estimate of drug-likeness (QED) is 0.438. The van der Waals surface area contributed by atoms with Crippen LogP contribution >= 0.6 is 0 Å². The molecule has 0 atom stereocenters. The molecule has 7 nitrogen and oxygen atoms in total. The largest absolute Gasteiger partial charge is 0.454 e. The molecule has 0 bridgehead atoms. The van der Waals surface area contributed by atoms with Crippen molar-refractivity contribution in [1.29, 1.82) is 0 Å². The fourth-order valence-electron chi connectivity index (χ4n) is 4.27. The van der Waals surface area contributed by atoms with E-state index >= 15 is 0 Å². The van der Waals surface area contributed by atoms with Gasteiger partial charge in [0.25, 0.3) is 5.56 Å². The molecule has 31 heavy (non-hydrogen) atoms. The predicted molar refractivity (Wildman–Crippen MR) is 121 cm³/mol. The molecular weight excluding hydrogens is 392 g/mol. The van der Waals surface area contributed by atoms with Crippen LogP contribution in [0.3, 0.4) is 0 Å². The topological polar surface area (TPSA) is 95.2 Å². The Morgan fingerprint density at radius 1 is 1.06 bits per heavy atom. The van der Waals surface area contributed by atoms with Gasteiger partial charge < -0.3 is 24.8 Å². The molecule has 3 aromatic carbocycles. The maximum Gasteiger partial charge on any atom is 0.275 e. The lowest BCUT2D eigenvalue weighted by Gasteiger charge is -2.05. The summed E-state index contributed by atoms with van der Waals surface area (Å²) in [5, 5.41) is 3.04. The van der Waals surface area contributed by atoms with Crippen LogP contribution in [0, 0.1) is 0 Å². The van der Waals surface area contributed by atoms with Gasteiger partial charge in [-0.15, -0.1) is 0 Å². The molecule has 0 unspecified atom stereocenters. The molecule has 0 amide bonds. The number of nitrogens with two attached hydrogens (primary N) is 1. The number of fused-ring (bicyclic) bond motifs is 4. The number of benzene rings is 3. The van der Waals surface area contributed by atoms with Gasteiger partial charge >= 0.3 is 0 Å². The van der Waals surface area contributed by atoms with Crippen LogP contribution < -0.4 is 20.8 Å². The zero-order valence-electron chi connectivity index (χ0n) is 16.7. The van der Waals surface area contributed by atoms with E-state index in [1.807, 2.05) is 54.7 Å². The lowest BCUT2D eigenvalue weighted by molar-refractivity contribution is 0.174. The normalized spacial score (nSPS) is 12.9. The number of nitrogens with one attached hydrogen (secondary N) is 1. The maximum absolute atomic E-state index is 13.1. The Hall–Kier alpha value is -3.84. The molecule has 3 heterocycles. The first kappa shape index (κ1) is 18.0. The third kappa shape index (κ3) is 2.85. The van der Waals surface area contributed by atoms with Crippen molar-refractivity contribution in [2.24, 2.45) is 5.73 Å². The van der Waals surface area contributed by atoms with Crippen molar-refractivity contribution in [3.63, 3.8) is 0 Å². The van der Waals surface area contributed by atoms with Crippen molar-refractivity contribution >= 4 is 32.7 Å². The monoisotopic (exact) mass is 412 g/mol. The Labute approximate surface area is 177 Å². The first-order valence-corrected chi connectivity index (χ1v) is 10.3. The molecule has 0 fully saturated rings. The summed E-state index contributed by atoms with van der Waals surface area (Å²) in [6.45, 7) is 1.52. The van der Waals surface area contributed by atoms with Crippen LogP contribution in [0.2, 0.25) is 0 Å². The van der Waals surface area contributed by atoms with E-state index in [1.54, 1.807) is 0 Å². The van der Waals surface area contributed by atoms with Gasteiger partial charge in [0.05, 0.1) is 16.6 Å². The van der Waals surface area contributed by atoms with Crippen molar-refractivity contribution in [2.45, 2.75) is 13.0 Å². The van der Waals surface area contributed by atoms with Gasteiger partial charge in [0.2, 0.25) is 6.79 Å². The summed E-state index contributed by atoms with van der Waals surface area (Å²) in [4.78, 5) is 20.9. The summed E-state index contributed by atoms with van der Waals surface area (Å²) in [5.74, 6) is 1.38. The maximum atomic E-state index is 13.1. The smallest absolute Gasteiger partial charge is 0.275 e. The van der Waals surface area contributed by atoms with Gasteiger partial charge in [-0.2, -0.15) is 0 Å². The molecule has 0 saturated carbocycles. The highest BCUT2D eigenvalue weighted by Gasteiger charge is 2.21. The average molecular weight is 412 g/mol. The van der Waals surface area contributed by atoms with Crippen LogP contribution in [0.5, 0.6) is 11.5 Å². The molecule has 154 valence electrons. The second kappa shape index (κ2) is 6.85. The fourth-order valence-corrected chi connectivity index (χ4v) is 4.27. The van der Waals surface area contributed by atoms with Gasteiger partial charge in [-0.1, -0.05) is 24.3 Å². The minimum atomic E-state index is -0.224. The molecular formula is C24H20N4O3. The second-order valence-electron chi connectivity index (χ2n) is 7.73. The van der Waals surface area contributed by atoms with E-state index in [0.29, 0.717) is 23.7 Å². The van der Waals surface area contributed by atoms with Crippen LogP contribution in [-0.4, -0.2) is 27.9 Å². The molecule has 3 N–H and O–H groups in total. The lowest BCUT2D eigenvalue weighted by Crippen LogP contribution is -2.11. The van der Waals surface area contributed by atoms with Crippen LogP contribution in [0.15, 0.2) is 59.5 Å². The number of H-pyrrole nitrogens is 1. The Morgan fingerprint density at radius 2 is 1.84 bits per heavy atom. The van der Waals surface area contributed by atoms with E-state index in [4.69, 9.17) is 20.2 Å². The summed E-state index contributed by atoms with van der Waals surface area (Å²) >= 11 is 0. The van der Waals surface area contributed by atoms with Gasteiger partial charge in [0, 0.05) is 29.8 Å². The highest BCUT2D eigenvalue weighted by molar-refractivity contribution is 5.99. The van der Waals surface area contributed by atoms with E-state index in [9.17, 15) is 4.79 Å². The Bertz CT molecular complexity index is 1530. The highest BCUT2D eigenvalue weighted by Crippen LogP contribution is 2.40. The summed E-state index contributed by atoms with van der Waals surface area (Å²) < 4.78 is 13.2. The number of aromatic nitrogens is 3. The van der Waals surface area contributed by atoms with Gasteiger partial charge in [-0.25, -0.2) is 4.98 Å². The summed E-state index contributed by atoms with van der Waals surface area (Å²) in [5.41, 5.74) is 9.10. The Morgan fingerprint density at radius 3 is 2.65 bits per heavy atom. The van der Waals surface area contributed by atoms with Gasteiger partial charge in [-0.3, -0.25) is 4.79 Å². The van der Waals surface area contributed by atoms with Gasteiger partial charge in [-0.05, 0) is 41.9 Å². The average Bonchev–Trinajstić information content (AvgIpc) is 3.38. The van der Waals surface area contributed by atoms with Crippen LogP contribution in [0.25, 0.3) is 44.0 Å². The summed E-state index contributed by atoms with van der Waals surface area (Å²) in [6.07, 6.45) is 2.80. The van der Waals surface area contributed by atoms with E-state index in [0.717, 1.165) is 51.2 Å². The number of hydrogen-bond acceptors (Lipinski definition) is 5. The SMILES string of the molecule is NCCCn1cc(-c2nc3cc4ccccc4cc3[nH]c2=O)c2cc3c(cc21)OCO3. The molecule has 0 radical (unpaired) electrons. The first-order valence-electron chi connectivity index (χ1n) is 10.3. The molecule has 0 aliphatic carbocycles. The molecule has 1 aliphatic heterocycles. The molecule has 5 aromatic rings. The first-order chi connectivity index (χ1) is 15.2. The predicted octanol–water partition coefficient (Wildman–Crippen LogP) is 3.78. The molecule has 6 rings (SSSR count). The van der Waals surface area contributed by atoms with E-state index in [1.165, 1.54) is 0 Å². The van der Waals surface area contributed by atoms with Crippen molar-refractivity contribution in [1.82, 2.24) is 14.5 Å². The number of rotatable bonds is 4. The zero-order valence-corrected chi connectivity index (χ0v) is 16.7. The van der Waals surface area contributed by atoms with Gasteiger partial charge in [0.1, 0.15) is 5.69 Å². The lowest BCUT2D eigenvalue weighted by atomic mass is 10.1. The molecule has 0 saturated heterocycles. The minimum absolute atomic E-state index is 0.196. The Kier molecular flexibility index (Phi) is 3.97. The van der Waals surface area contributed by atoms with Crippen molar-refractivity contribution in [3.05, 3.63) is 65.1 Å². The Balaban J connectivity index is 1.60. The number of aryl methyl sites for hydroxylation is 1. The molecule has 0 spiro atoms. The standard InChI is InChI=1S/C24H20N4O3/c25-6-3-7-28-12-17(16-10-21-22(11-20(16)28)31-13-30-21)23-24(29)27-19-9-15-5-2-1-4-14(15)8-18(19)26-23/h1-2,4-5,8-12H,3,6-7,13,25H2,(H,27,29). The third-order valence-corrected chi connectivity index (χ3v) is 5.79. The van der Waals surface area contributed by atoms with Crippen LogP contribution in [0.4, 0.5) is 0 Å². The van der Waals surface area contributed by atoms with Crippen molar-refractivity contribution in [2.75, 3.05) is 13.3 Å². The molecule has 2 aromatic heterocycles. The summed E-state index contributed by atoms with van der Waals surface area (Å²) in [6, 6.07) is 15.9. The second-order valence-corrected chi connectivity index (χ2v) is 7.73. The fraction of sp³-hybridized carbons (Fsp3) is 0.167. The summed E-state index contributed by atoms with van der Waals surface area (Å²) in [7, 11) is 0. The number of nitrogens with zero attached hydrogens (tertiary/aromatic N) is 2.